The van der Waals surface area contributed by atoms with Crippen molar-refractivity contribution in [3.63, 3.8) is 0 Å². The second kappa shape index (κ2) is 6.17. The van der Waals surface area contributed by atoms with Crippen molar-refractivity contribution in [3.8, 4) is 0 Å². The van der Waals surface area contributed by atoms with Gasteiger partial charge in [-0.15, -0.1) is 11.3 Å². The van der Waals surface area contributed by atoms with Gasteiger partial charge in [0.15, 0.2) is 0 Å². The fraction of sp³-hybridized carbons (Fsp3) is 0.158. The first-order valence-electron chi connectivity index (χ1n) is 7.95. The second-order valence-corrected chi connectivity index (χ2v) is 7.47. The molecule has 1 aliphatic heterocycles. The van der Waals surface area contributed by atoms with Gasteiger partial charge in [0.05, 0.1) is 16.4 Å². The van der Waals surface area contributed by atoms with Gasteiger partial charge in [-0.1, -0.05) is 41.9 Å². The SMILES string of the molecule is C[C@H]1CC(=O)Nc2ccccc2N1C(=O)c1sc2ccccc2c1Cl. The van der Waals surface area contributed by atoms with Crippen LogP contribution in [0.2, 0.25) is 5.02 Å². The third kappa shape index (κ3) is 2.69. The van der Waals surface area contributed by atoms with Crippen molar-refractivity contribution in [2.24, 2.45) is 0 Å². The molecule has 25 heavy (non-hydrogen) atoms. The zero-order chi connectivity index (χ0) is 17.6. The number of hydrogen-bond donors (Lipinski definition) is 1. The monoisotopic (exact) mass is 370 g/mol. The number of benzene rings is 2. The number of carbonyl (C=O) groups excluding carboxylic acids is 2. The van der Waals surface area contributed by atoms with Crippen LogP contribution in [-0.4, -0.2) is 17.9 Å². The molecule has 0 fully saturated rings. The Morgan fingerprint density at radius 2 is 1.92 bits per heavy atom. The normalized spacial score (nSPS) is 17.1. The van der Waals surface area contributed by atoms with Crippen LogP contribution in [0.3, 0.4) is 0 Å². The molecule has 0 spiro atoms. The van der Waals surface area contributed by atoms with Crippen LogP contribution in [0.15, 0.2) is 48.5 Å². The van der Waals surface area contributed by atoms with E-state index < -0.39 is 0 Å². The molecule has 0 bridgehead atoms. The van der Waals surface area contributed by atoms with E-state index in [1.807, 2.05) is 49.4 Å². The third-order valence-electron chi connectivity index (χ3n) is 4.31. The summed E-state index contributed by atoms with van der Waals surface area (Å²) in [6.45, 7) is 1.88. The van der Waals surface area contributed by atoms with Gasteiger partial charge >= 0.3 is 0 Å². The second-order valence-electron chi connectivity index (χ2n) is 6.03. The number of halogens is 1. The number of amides is 2. The summed E-state index contributed by atoms with van der Waals surface area (Å²) in [5.41, 5.74) is 1.34. The van der Waals surface area contributed by atoms with Crippen molar-refractivity contribution in [1.29, 1.82) is 0 Å². The molecular weight excluding hydrogens is 356 g/mol. The van der Waals surface area contributed by atoms with E-state index in [0.29, 0.717) is 21.3 Å². The molecule has 0 radical (unpaired) electrons. The van der Waals surface area contributed by atoms with E-state index in [1.165, 1.54) is 11.3 Å². The number of nitrogens with zero attached hydrogens (tertiary/aromatic N) is 1. The summed E-state index contributed by atoms with van der Waals surface area (Å²) in [6, 6.07) is 14.8. The molecule has 1 atom stereocenters. The lowest BCUT2D eigenvalue weighted by molar-refractivity contribution is -0.116. The summed E-state index contributed by atoms with van der Waals surface area (Å²) in [4.78, 5) is 27.6. The molecule has 0 aliphatic carbocycles. The topological polar surface area (TPSA) is 49.4 Å². The number of para-hydroxylation sites is 2. The lowest BCUT2D eigenvalue weighted by atomic mass is 10.1. The van der Waals surface area contributed by atoms with Gasteiger partial charge in [0.2, 0.25) is 5.91 Å². The van der Waals surface area contributed by atoms with E-state index in [0.717, 1.165) is 10.1 Å². The summed E-state index contributed by atoms with van der Waals surface area (Å²) in [7, 11) is 0. The molecule has 2 amide bonds. The Balaban J connectivity index is 1.85. The van der Waals surface area contributed by atoms with Crippen molar-refractivity contribution in [2.45, 2.75) is 19.4 Å². The Bertz CT molecular complexity index is 998. The molecule has 2 aromatic carbocycles. The molecule has 1 aliphatic rings. The molecule has 6 heteroatoms. The average molecular weight is 371 g/mol. The lowest BCUT2D eigenvalue weighted by Crippen LogP contribution is -2.38. The van der Waals surface area contributed by atoms with E-state index in [4.69, 9.17) is 11.6 Å². The Hall–Kier alpha value is -2.37. The first kappa shape index (κ1) is 16.1. The number of hydrogen-bond acceptors (Lipinski definition) is 3. The Morgan fingerprint density at radius 1 is 1.20 bits per heavy atom. The molecule has 2 heterocycles. The maximum absolute atomic E-state index is 13.3. The number of rotatable bonds is 1. The largest absolute Gasteiger partial charge is 0.324 e. The van der Waals surface area contributed by atoms with E-state index >= 15 is 0 Å². The average Bonchev–Trinajstić information content (AvgIpc) is 2.86. The van der Waals surface area contributed by atoms with E-state index in [2.05, 4.69) is 5.32 Å². The van der Waals surface area contributed by atoms with Crippen molar-refractivity contribution < 1.29 is 9.59 Å². The number of carbonyl (C=O) groups is 2. The molecule has 0 saturated heterocycles. The van der Waals surface area contributed by atoms with Crippen molar-refractivity contribution >= 4 is 56.2 Å². The summed E-state index contributed by atoms with van der Waals surface area (Å²) in [5.74, 6) is -0.277. The lowest BCUT2D eigenvalue weighted by Gasteiger charge is -2.27. The summed E-state index contributed by atoms with van der Waals surface area (Å²) >= 11 is 7.88. The Kier molecular flexibility index (Phi) is 3.98. The van der Waals surface area contributed by atoms with Crippen LogP contribution in [0.5, 0.6) is 0 Å². The zero-order valence-electron chi connectivity index (χ0n) is 13.5. The molecule has 1 aromatic heterocycles. The van der Waals surface area contributed by atoms with Crippen LogP contribution < -0.4 is 10.2 Å². The molecule has 0 unspecified atom stereocenters. The molecule has 1 N–H and O–H groups in total. The number of fused-ring (bicyclic) bond motifs is 2. The molecule has 4 rings (SSSR count). The third-order valence-corrected chi connectivity index (χ3v) is 5.97. The fourth-order valence-electron chi connectivity index (χ4n) is 3.16. The van der Waals surface area contributed by atoms with Gasteiger partial charge in [0, 0.05) is 22.5 Å². The van der Waals surface area contributed by atoms with Crippen molar-refractivity contribution in [1.82, 2.24) is 0 Å². The van der Waals surface area contributed by atoms with Gasteiger partial charge in [0.25, 0.3) is 5.91 Å². The van der Waals surface area contributed by atoms with Gasteiger partial charge in [-0.05, 0) is 25.1 Å². The smallest absolute Gasteiger partial charge is 0.270 e. The first-order chi connectivity index (χ1) is 12.1. The van der Waals surface area contributed by atoms with E-state index in [9.17, 15) is 9.59 Å². The maximum Gasteiger partial charge on any atom is 0.270 e. The summed E-state index contributed by atoms with van der Waals surface area (Å²) in [6.07, 6.45) is 0.239. The van der Waals surface area contributed by atoms with Crippen LogP contribution in [0.25, 0.3) is 10.1 Å². The van der Waals surface area contributed by atoms with Crippen LogP contribution in [0, 0.1) is 0 Å². The van der Waals surface area contributed by atoms with E-state index in [1.54, 1.807) is 11.0 Å². The van der Waals surface area contributed by atoms with Crippen molar-refractivity contribution in [3.05, 3.63) is 58.4 Å². The highest BCUT2D eigenvalue weighted by Crippen LogP contribution is 2.39. The fourth-order valence-corrected chi connectivity index (χ4v) is 4.61. The standard InChI is InChI=1S/C19H15ClN2O2S/c1-11-10-16(23)21-13-7-3-4-8-14(13)22(11)19(24)18-17(20)12-6-2-5-9-15(12)25-18/h2-9,11H,10H2,1H3,(H,21,23)/t11-/m0/s1. The van der Waals surface area contributed by atoms with Gasteiger partial charge in [-0.3, -0.25) is 9.59 Å². The number of thiophene rings is 1. The minimum Gasteiger partial charge on any atom is -0.324 e. The van der Waals surface area contributed by atoms with Crippen LogP contribution in [0.4, 0.5) is 11.4 Å². The highest BCUT2D eigenvalue weighted by molar-refractivity contribution is 7.21. The maximum atomic E-state index is 13.3. The van der Waals surface area contributed by atoms with Gasteiger partial charge in [0.1, 0.15) is 4.88 Å². The summed E-state index contributed by atoms with van der Waals surface area (Å²) < 4.78 is 0.973. The minimum atomic E-state index is -0.266. The molecule has 4 nitrogen and oxygen atoms in total. The molecule has 0 saturated carbocycles. The van der Waals surface area contributed by atoms with Crippen molar-refractivity contribution in [2.75, 3.05) is 10.2 Å². The minimum absolute atomic E-state index is 0.0994. The Labute approximate surface area is 154 Å². The predicted molar refractivity (Wildman–Crippen MR) is 103 cm³/mol. The highest BCUT2D eigenvalue weighted by atomic mass is 35.5. The van der Waals surface area contributed by atoms with Crippen LogP contribution in [0.1, 0.15) is 23.0 Å². The van der Waals surface area contributed by atoms with Crippen LogP contribution >= 0.6 is 22.9 Å². The van der Waals surface area contributed by atoms with Gasteiger partial charge in [-0.2, -0.15) is 0 Å². The predicted octanol–water partition coefficient (Wildman–Crippen LogP) is 4.93. The van der Waals surface area contributed by atoms with Gasteiger partial charge < -0.3 is 10.2 Å². The molecular formula is C19H15ClN2O2S. The Morgan fingerprint density at radius 3 is 2.72 bits per heavy atom. The van der Waals surface area contributed by atoms with E-state index in [-0.39, 0.29) is 24.3 Å². The number of anilines is 2. The van der Waals surface area contributed by atoms with Gasteiger partial charge in [-0.25, -0.2) is 0 Å². The van der Waals surface area contributed by atoms with Crippen LogP contribution in [-0.2, 0) is 4.79 Å². The highest BCUT2D eigenvalue weighted by Gasteiger charge is 2.32. The zero-order valence-corrected chi connectivity index (χ0v) is 15.0. The molecule has 3 aromatic rings. The quantitative estimate of drug-likeness (QED) is 0.660. The molecule has 126 valence electrons. The summed E-state index contributed by atoms with van der Waals surface area (Å²) in [5, 5.41) is 4.22. The first-order valence-corrected chi connectivity index (χ1v) is 9.15. The number of nitrogens with one attached hydrogen (secondary N) is 1.